The first-order valence-electron chi connectivity index (χ1n) is 7.45. The largest absolute Gasteiger partial charge is 0.544 e. The zero-order valence-electron chi connectivity index (χ0n) is 13.2. The van der Waals surface area contributed by atoms with Crippen molar-refractivity contribution in [3.8, 4) is 5.75 Å². The first kappa shape index (κ1) is 17.4. The number of fused-ring (bicyclic) bond motifs is 1. The highest BCUT2D eigenvalue weighted by Gasteiger charge is 2.11. The molecular weight excluding hydrogens is 362 g/mol. The van der Waals surface area contributed by atoms with Gasteiger partial charge in [-0.1, -0.05) is 29.8 Å². The van der Waals surface area contributed by atoms with Crippen LogP contribution in [0.5, 0.6) is 5.75 Å². The quantitative estimate of drug-likeness (QED) is 0.483. The van der Waals surface area contributed by atoms with Crippen LogP contribution >= 0.6 is 23.4 Å². The Hall–Kier alpha value is -2.44. The number of hydrogen-bond donors (Lipinski definition) is 0. The number of rotatable bonds is 6. The molecule has 0 radical (unpaired) electrons. The van der Waals surface area contributed by atoms with E-state index >= 15 is 0 Å². The highest BCUT2D eigenvalue weighted by Crippen LogP contribution is 2.32. The number of aliphatic carboxylic acids is 1. The van der Waals surface area contributed by atoms with E-state index in [-0.39, 0.29) is 10.1 Å². The number of para-hydroxylation sites is 2. The number of thioether (sulfide) groups is 1. The van der Waals surface area contributed by atoms with Crippen molar-refractivity contribution in [2.75, 3.05) is 6.61 Å². The second-order valence-electron chi connectivity index (χ2n) is 4.97. The molecule has 3 aromatic rings. The predicted octanol–water partition coefficient (Wildman–Crippen LogP) is 3.76. The highest BCUT2D eigenvalue weighted by molar-refractivity contribution is 8.03. The van der Waals surface area contributed by atoms with Crippen molar-refractivity contribution in [2.24, 2.45) is 0 Å². The average molecular weight is 375 g/mol. The lowest BCUT2D eigenvalue weighted by Gasteiger charge is -2.08. The molecule has 2 aromatic carbocycles. The highest BCUT2D eigenvalue weighted by atomic mass is 35.5. The SMILES string of the molecule is CCOc1ccc(/C=C(/Sc2nc3ccccc3o2)C(=O)[O-])cc1Cl. The molecule has 5 nitrogen and oxygen atoms in total. The zero-order valence-corrected chi connectivity index (χ0v) is 14.8. The molecule has 0 saturated heterocycles. The number of carbonyl (C=O) groups excluding carboxylic acids is 1. The van der Waals surface area contributed by atoms with E-state index < -0.39 is 5.97 Å². The number of benzene rings is 2. The number of hydrogen-bond acceptors (Lipinski definition) is 6. The van der Waals surface area contributed by atoms with Crippen molar-refractivity contribution in [2.45, 2.75) is 12.1 Å². The third-order valence-corrected chi connectivity index (χ3v) is 4.38. The molecule has 0 aliphatic heterocycles. The van der Waals surface area contributed by atoms with Gasteiger partial charge in [0.05, 0.1) is 17.6 Å². The van der Waals surface area contributed by atoms with E-state index in [2.05, 4.69) is 4.98 Å². The lowest BCUT2D eigenvalue weighted by Crippen LogP contribution is -2.23. The van der Waals surface area contributed by atoms with Crippen LogP contribution in [0, 0.1) is 0 Å². The summed E-state index contributed by atoms with van der Waals surface area (Å²) < 4.78 is 10.9. The molecule has 0 spiro atoms. The minimum Gasteiger partial charge on any atom is -0.544 e. The number of halogens is 1. The van der Waals surface area contributed by atoms with Crippen LogP contribution in [-0.4, -0.2) is 17.6 Å². The molecule has 0 saturated carbocycles. The van der Waals surface area contributed by atoms with Crippen LogP contribution in [0.3, 0.4) is 0 Å². The van der Waals surface area contributed by atoms with Crippen LogP contribution < -0.4 is 9.84 Å². The molecule has 0 atom stereocenters. The third kappa shape index (κ3) is 4.15. The van der Waals surface area contributed by atoms with Crippen molar-refractivity contribution >= 4 is 46.5 Å². The molecule has 0 aliphatic rings. The first-order chi connectivity index (χ1) is 12.1. The Bertz CT molecular complexity index is 918. The monoisotopic (exact) mass is 374 g/mol. The smallest absolute Gasteiger partial charge is 0.261 e. The normalized spacial score (nSPS) is 11.7. The molecule has 7 heteroatoms. The lowest BCUT2D eigenvalue weighted by molar-refractivity contribution is -0.298. The van der Waals surface area contributed by atoms with Gasteiger partial charge >= 0.3 is 0 Å². The van der Waals surface area contributed by atoms with Gasteiger partial charge in [0.2, 0.25) is 0 Å². The first-order valence-corrected chi connectivity index (χ1v) is 8.65. The van der Waals surface area contributed by atoms with Gasteiger partial charge in [0, 0.05) is 4.91 Å². The number of oxazole rings is 1. The van der Waals surface area contributed by atoms with E-state index in [1.807, 2.05) is 19.1 Å². The number of carboxylic acid groups (broad SMARTS) is 1. The Morgan fingerprint density at radius 1 is 1.36 bits per heavy atom. The minimum absolute atomic E-state index is 0.0354. The Morgan fingerprint density at radius 2 is 2.16 bits per heavy atom. The van der Waals surface area contributed by atoms with Crippen LogP contribution in [0.1, 0.15) is 12.5 Å². The van der Waals surface area contributed by atoms with E-state index in [0.29, 0.717) is 34.0 Å². The zero-order chi connectivity index (χ0) is 17.8. The Balaban J connectivity index is 1.88. The van der Waals surface area contributed by atoms with Gasteiger partial charge in [-0.3, -0.25) is 0 Å². The molecule has 0 fully saturated rings. The molecule has 0 bridgehead atoms. The summed E-state index contributed by atoms with van der Waals surface area (Å²) >= 11 is 7.01. The summed E-state index contributed by atoms with van der Waals surface area (Å²) in [6, 6.07) is 12.2. The number of carbonyl (C=O) groups is 1. The molecule has 0 unspecified atom stereocenters. The fourth-order valence-electron chi connectivity index (χ4n) is 2.15. The van der Waals surface area contributed by atoms with Crippen molar-refractivity contribution in [3.63, 3.8) is 0 Å². The van der Waals surface area contributed by atoms with E-state index in [1.54, 1.807) is 30.3 Å². The Morgan fingerprint density at radius 3 is 2.84 bits per heavy atom. The maximum atomic E-state index is 11.5. The summed E-state index contributed by atoms with van der Waals surface area (Å²) in [7, 11) is 0. The van der Waals surface area contributed by atoms with Crippen LogP contribution in [0.15, 0.2) is 57.0 Å². The number of ether oxygens (including phenoxy) is 1. The summed E-state index contributed by atoms with van der Waals surface area (Å²) in [6.07, 6.45) is 1.45. The summed E-state index contributed by atoms with van der Waals surface area (Å²) in [5.41, 5.74) is 1.86. The minimum atomic E-state index is -1.32. The summed E-state index contributed by atoms with van der Waals surface area (Å²) in [5, 5.41) is 12.1. The lowest BCUT2D eigenvalue weighted by atomic mass is 10.2. The number of aromatic nitrogens is 1. The molecule has 0 N–H and O–H groups in total. The fourth-order valence-corrected chi connectivity index (χ4v) is 3.14. The van der Waals surface area contributed by atoms with E-state index in [1.165, 1.54) is 6.08 Å². The molecule has 25 heavy (non-hydrogen) atoms. The van der Waals surface area contributed by atoms with E-state index in [0.717, 1.165) is 11.8 Å². The van der Waals surface area contributed by atoms with Gasteiger partial charge in [-0.05, 0) is 54.6 Å². The number of nitrogens with zero attached hydrogens (tertiary/aromatic N) is 1. The Labute approximate surface area is 153 Å². The van der Waals surface area contributed by atoms with Crippen LogP contribution in [0.2, 0.25) is 5.02 Å². The number of carboxylic acids is 1. The Kier molecular flexibility index (Phi) is 5.31. The molecule has 1 heterocycles. The second kappa shape index (κ2) is 7.63. The van der Waals surface area contributed by atoms with Crippen molar-refractivity contribution in [1.29, 1.82) is 0 Å². The average Bonchev–Trinajstić information content (AvgIpc) is 2.99. The van der Waals surface area contributed by atoms with Crippen LogP contribution in [0.25, 0.3) is 17.2 Å². The van der Waals surface area contributed by atoms with Crippen molar-refractivity contribution in [3.05, 3.63) is 58.0 Å². The van der Waals surface area contributed by atoms with E-state index in [4.69, 9.17) is 20.8 Å². The fraction of sp³-hybridized carbons (Fsp3) is 0.111. The van der Waals surface area contributed by atoms with Crippen LogP contribution in [-0.2, 0) is 4.79 Å². The molecular formula is C18H13ClNO4S-. The maximum absolute atomic E-state index is 11.5. The van der Waals surface area contributed by atoms with Gasteiger partial charge in [-0.15, -0.1) is 0 Å². The van der Waals surface area contributed by atoms with Gasteiger partial charge in [0.25, 0.3) is 5.22 Å². The van der Waals surface area contributed by atoms with E-state index in [9.17, 15) is 9.90 Å². The topological polar surface area (TPSA) is 75.4 Å². The van der Waals surface area contributed by atoms with Crippen molar-refractivity contribution < 1.29 is 19.1 Å². The second-order valence-corrected chi connectivity index (χ2v) is 6.37. The molecule has 0 amide bonds. The molecule has 0 aliphatic carbocycles. The molecule has 128 valence electrons. The summed E-state index contributed by atoms with van der Waals surface area (Å²) in [4.78, 5) is 15.7. The van der Waals surface area contributed by atoms with Crippen LogP contribution in [0.4, 0.5) is 0 Å². The third-order valence-electron chi connectivity index (χ3n) is 3.23. The predicted molar refractivity (Wildman–Crippen MR) is 95.5 cm³/mol. The maximum Gasteiger partial charge on any atom is 0.261 e. The summed E-state index contributed by atoms with van der Waals surface area (Å²) in [6.45, 7) is 2.35. The molecule has 1 aromatic heterocycles. The van der Waals surface area contributed by atoms with Crippen molar-refractivity contribution in [1.82, 2.24) is 4.98 Å². The molecule has 3 rings (SSSR count). The standard InChI is InChI=1S/C18H14ClNO4S/c1-2-23-14-8-7-11(9-12(14)19)10-16(17(21)22)25-18-20-13-5-3-4-6-15(13)24-18/h3-10H,2H2,1H3,(H,21,22)/p-1/b16-10+. The van der Waals surface area contributed by atoms with Gasteiger partial charge in [0.1, 0.15) is 11.3 Å². The van der Waals surface area contributed by atoms with Gasteiger partial charge < -0.3 is 19.1 Å². The summed E-state index contributed by atoms with van der Waals surface area (Å²) in [5.74, 6) is -0.778. The van der Waals surface area contributed by atoms with Gasteiger partial charge in [0.15, 0.2) is 5.58 Å². The van der Waals surface area contributed by atoms with Gasteiger partial charge in [-0.2, -0.15) is 0 Å². The van der Waals surface area contributed by atoms with Gasteiger partial charge in [-0.25, -0.2) is 4.98 Å².